The molecule has 0 spiro atoms. The van der Waals surface area contributed by atoms with Crippen LogP contribution < -0.4 is 10.2 Å². The number of halogens is 2. The number of carbonyl (C=O) groups excluding carboxylic acids is 1. The highest BCUT2D eigenvalue weighted by Crippen LogP contribution is 2.25. The lowest BCUT2D eigenvalue weighted by molar-refractivity contribution is -0.113. The Balaban J connectivity index is 1.32. The second-order valence-electron chi connectivity index (χ2n) is 7.31. The normalized spacial score (nSPS) is 13.8. The predicted molar refractivity (Wildman–Crippen MR) is 119 cm³/mol. The number of benzene rings is 2. The van der Waals surface area contributed by atoms with Crippen molar-refractivity contribution in [2.75, 3.05) is 29.1 Å². The molecule has 0 unspecified atom stereocenters. The lowest BCUT2D eigenvalue weighted by atomic mass is 10.1. The highest BCUT2D eigenvalue weighted by Gasteiger charge is 2.12. The lowest BCUT2D eigenvalue weighted by Crippen LogP contribution is -2.29. The van der Waals surface area contributed by atoms with E-state index in [2.05, 4.69) is 32.5 Å². The summed E-state index contributed by atoms with van der Waals surface area (Å²) in [7, 11) is 0. The molecule has 1 aromatic heterocycles. The number of nitrogens with one attached hydrogen (secondary N) is 1. The van der Waals surface area contributed by atoms with Gasteiger partial charge in [-0.2, -0.15) is 0 Å². The first kappa shape index (κ1) is 21.2. The zero-order valence-corrected chi connectivity index (χ0v) is 17.7. The van der Waals surface area contributed by atoms with Gasteiger partial charge in [-0.1, -0.05) is 23.9 Å². The van der Waals surface area contributed by atoms with Gasteiger partial charge >= 0.3 is 0 Å². The van der Waals surface area contributed by atoms with Gasteiger partial charge < -0.3 is 10.2 Å². The van der Waals surface area contributed by atoms with Crippen molar-refractivity contribution in [1.29, 1.82) is 0 Å². The summed E-state index contributed by atoms with van der Waals surface area (Å²) in [5, 5.41) is 11.4. The van der Waals surface area contributed by atoms with Gasteiger partial charge in [-0.25, -0.2) is 8.78 Å². The Morgan fingerprint density at radius 3 is 2.42 bits per heavy atom. The van der Waals surface area contributed by atoms with Gasteiger partial charge in [0.1, 0.15) is 16.7 Å². The number of nitrogens with zero attached hydrogens (tertiary/aromatic N) is 3. The summed E-state index contributed by atoms with van der Waals surface area (Å²) in [5.74, 6) is -1.88. The molecule has 0 saturated carbocycles. The summed E-state index contributed by atoms with van der Waals surface area (Å²) < 4.78 is 26.6. The summed E-state index contributed by atoms with van der Waals surface area (Å²) >= 11 is 1.19. The molecule has 0 radical (unpaired) electrons. The molecule has 1 saturated heterocycles. The minimum atomic E-state index is -0.811. The van der Waals surface area contributed by atoms with E-state index in [1.165, 1.54) is 42.8 Å². The first-order valence-corrected chi connectivity index (χ1v) is 11.1. The van der Waals surface area contributed by atoms with Crippen molar-refractivity contribution < 1.29 is 13.6 Å². The average molecular weight is 441 g/mol. The molecule has 1 aliphatic heterocycles. The topological polar surface area (TPSA) is 58.1 Å². The first-order valence-electron chi connectivity index (χ1n) is 10.2. The number of rotatable bonds is 6. The molecule has 2 heterocycles. The zero-order chi connectivity index (χ0) is 21.6. The second-order valence-corrected chi connectivity index (χ2v) is 8.31. The number of thioether (sulfide) groups is 1. The maximum atomic E-state index is 13.6. The molecule has 0 aliphatic carbocycles. The molecule has 8 heteroatoms. The van der Waals surface area contributed by atoms with Gasteiger partial charge in [0.15, 0.2) is 0 Å². The zero-order valence-electron chi connectivity index (χ0n) is 16.9. The van der Waals surface area contributed by atoms with Crippen molar-refractivity contribution in [3.05, 3.63) is 66.2 Å². The van der Waals surface area contributed by atoms with Gasteiger partial charge in [0.05, 0.1) is 17.1 Å². The molecule has 1 fully saturated rings. The Hall–Kier alpha value is -3.00. The van der Waals surface area contributed by atoms with Crippen LogP contribution in [0.15, 0.2) is 59.6 Å². The van der Waals surface area contributed by atoms with E-state index in [1.807, 2.05) is 18.2 Å². The average Bonchev–Trinajstić information content (AvgIpc) is 2.81. The summed E-state index contributed by atoms with van der Waals surface area (Å²) in [6, 6.07) is 15.0. The van der Waals surface area contributed by atoms with Crippen LogP contribution in [0.3, 0.4) is 0 Å². The van der Waals surface area contributed by atoms with Gasteiger partial charge in [-0.15, -0.1) is 10.2 Å². The van der Waals surface area contributed by atoms with Crippen LogP contribution >= 0.6 is 11.8 Å². The van der Waals surface area contributed by atoms with Crippen molar-refractivity contribution >= 4 is 29.0 Å². The predicted octanol–water partition coefficient (Wildman–Crippen LogP) is 5.14. The van der Waals surface area contributed by atoms with Gasteiger partial charge in [-0.3, -0.25) is 4.79 Å². The van der Waals surface area contributed by atoms with E-state index < -0.39 is 17.5 Å². The molecule has 1 aliphatic rings. The Bertz CT molecular complexity index is 1040. The van der Waals surface area contributed by atoms with Crippen molar-refractivity contribution in [1.82, 2.24) is 10.2 Å². The van der Waals surface area contributed by atoms with Crippen molar-refractivity contribution in [3.8, 4) is 11.3 Å². The standard InChI is InChI=1S/C23H22F2N4OS/c24-17-6-9-21(19(25)14-17)26-22(30)15-31-23-11-10-20(27-28-23)16-4-7-18(8-5-16)29-12-2-1-3-13-29/h4-11,14H,1-3,12-13,15H2,(H,26,30). The molecule has 0 atom stereocenters. The van der Waals surface area contributed by atoms with E-state index in [4.69, 9.17) is 0 Å². The third-order valence-electron chi connectivity index (χ3n) is 5.08. The third kappa shape index (κ3) is 5.58. The molecule has 1 amide bonds. The Morgan fingerprint density at radius 1 is 0.968 bits per heavy atom. The Morgan fingerprint density at radius 2 is 1.74 bits per heavy atom. The van der Waals surface area contributed by atoms with Gasteiger partial charge in [0, 0.05) is 30.4 Å². The highest BCUT2D eigenvalue weighted by molar-refractivity contribution is 7.99. The fraction of sp³-hybridized carbons (Fsp3) is 0.261. The van der Waals surface area contributed by atoms with Crippen LogP contribution in [0.1, 0.15) is 19.3 Å². The lowest BCUT2D eigenvalue weighted by Gasteiger charge is -2.28. The molecule has 3 aromatic rings. The first-order chi connectivity index (χ1) is 15.1. The van der Waals surface area contributed by atoms with Crippen LogP contribution in [0.2, 0.25) is 0 Å². The van der Waals surface area contributed by atoms with Crippen LogP contribution in [0.5, 0.6) is 0 Å². The largest absolute Gasteiger partial charge is 0.372 e. The number of hydrogen-bond acceptors (Lipinski definition) is 5. The molecule has 5 nitrogen and oxygen atoms in total. The summed E-state index contributed by atoms with van der Waals surface area (Å²) in [5.41, 5.74) is 2.91. The molecule has 2 aromatic carbocycles. The van der Waals surface area contributed by atoms with Gasteiger partial charge in [0.2, 0.25) is 5.91 Å². The van der Waals surface area contributed by atoms with Crippen LogP contribution in [0.25, 0.3) is 11.3 Å². The minimum absolute atomic E-state index is 0.0371. The van der Waals surface area contributed by atoms with E-state index in [0.29, 0.717) is 5.03 Å². The SMILES string of the molecule is O=C(CSc1ccc(-c2ccc(N3CCCCC3)cc2)nn1)Nc1ccc(F)cc1F. The van der Waals surface area contributed by atoms with Crippen molar-refractivity contribution in [2.45, 2.75) is 24.3 Å². The molecule has 31 heavy (non-hydrogen) atoms. The van der Waals surface area contributed by atoms with Gasteiger partial charge in [0.25, 0.3) is 0 Å². The van der Waals surface area contributed by atoms with Crippen LogP contribution in [-0.4, -0.2) is 34.9 Å². The van der Waals surface area contributed by atoms with Crippen LogP contribution in [-0.2, 0) is 4.79 Å². The monoisotopic (exact) mass is 440 g/mol. The third-order valence-corrected chi connectivity index (χ3v) is 6.00. The minimum Gasteiger partial charge on any atom is -0.372 e. The molecule has 160 valence electrons. The number of piperidine rings is 1. The smallest absolute Gasteiger partial charge is 0.234 e. The van der Waals surface area contributed by atoms with Crippen LogP contribution in [0, 0.1) is 11.6 Å². The number of hydrogen-bond donors (Lipinski definition) is 1. The Labute approximate surface area is 183 Å². The summed E-state index contributed by atoms with van der Waals surface area (Å²) in [6.45, 7) is 2.21. The molecule has 1 N–H and O–H groups in total. The molecular weight excluding hydrogens is 418 g/mol. The number of aromatic nitrogens is 2. The number of amides is 1. The molecule has 4 rings (SSSR count). The molecular formula is C23H22F2N4OS. The van der Waals surface area contributed by atoms with Gasteiger partial charge in [-0.05, 0) is 55.7 Å². The molecule has 0 bridgehead atoms. The van der Waals surface area contributed by atoms with E-state index in [-0.39, 0.29) is 11.4 Å². The quantitative estimate of drug-likeness (QED) is 0.538. The summed E-state index contributed by atoms with van der Waals surface area (Å²) in [4.78, 5) is 14.4. The van der Waals surface area contributed by atoms with E-state index in [9.17, 15) is 13.6 Å². The number of anilines is 2. The summed E-state index contributed by atoms with van der Waals surface area (Å²) in [6.07, 6.45) is 3.78. The fourth-order valence-corrected chi connectivity index (χ4v) is 4.08. The van der Waals surface area contributed by atoms with Crippen LogP contribution in [0.4, 0.5) is 20.2 Å². The highest BCUT2D eigenvalue weighted by atomic mass is 32.2. The van der Waals surface area contributed by atoms with E-state index in [1.54, 1.807) is 6.07 Å². The van der Waals surface area contributed by atoms with Crippen molar-refractivity contribution in [3.63, 3.8) is 0 Å². The maximum absolute atomic E-state index is 13.6. The van der Waals surface area contributed by atoms with E-state index in [0.717, 1.165) is 36.5 Å². The van der Waals surface area contributed by atoms with E-state index >= 15 is 0 Å². The second kappa shape index (κ2) is 9.87. The maximum Gasteiger partial charge on any atom is 0.234 e. The fourth-order valence-electron chi connectivity index (χ4n) is 3.46. The van der Waals surface area contributed by atoms with Crippen molar-refractivity contribution in [2.24, 2.45) is 0 Å². The number of carbonyl (C=O) groups is 1. The Kier molecular flexibility index (Phi) is 6.76.